The fourth-order valence-corrected chi connectivity index (χ4v) is 4.43. The number of urea groups is 1. The molecule has 30 heavy (non-hydrogen) atoms. The van der Waals surface area contributed by atoms with Crippen LogP contribution in [0.3, 0.4) is 0 Å². The SMILES string of the molecule is O=C(NCCCN1C(=O)c2ccccc2C1=O)NC1CCCCCCCCCCC1. The topological polar surface area (TPSA) is 78.5 Å². The highest BCUT2D eigenvalue weighted by Crippen LogP contribution is 2.22. The summed E-state index contributed by atoms with van der Waals surface area (Å²) >= 11 is 0. The van der Waals surface area contributed by atoms with E-state index in [-0.39, 0.29) is 23.9 Å². The summed E-state index contributed by atoms with van der Waals surface area (Å²) < 4.78 is 0. The van der Waals surface area contributed by atoms with E-state index >= 15 is 0 Å². The van der Waals surface area contributed by atoms with Crippen molar-refractivity contribution in [3.8, 4) is 0 Å². The van der Waals surface area contributed by atoms with Gasteiger partial charge in [0, 0.05) is 19.1 Å². The first-order chi connectivity index (χ1) is 14.7. The van der Waals surface area contributed by atoms with Crippen molar-refractivity contribution in [1.82, 2.24) is 15.5 Å². The zero-order valence-electron chi connectivity index (χ0n) is 18.0. The van der Waals surface area contributed by atoms with E-state index in [0.29, 0.717) is 30.6 Å². The molecule has 0 unspecified atom stereocenters. The van der Waals surface area contributed by atoms with Crippen molar-refractivity contribution in [2.75, 3.05) is 13.1 Å². The van der Waals surface area contributed by atoms with Crippen LogP contribution in [0.1, 0.15) is 97.8 Å². The average molecular weight is 414 g/mol. The lowest BCUT2D eigenvalue weighted by atomic mass is 9.98. The summed E-state index contributed by atoms with van der Waals surface area (Å²) in [6.07, 6.45) is 14.1. The van der Waals surface area contributed by atoms with Crippen molar-refractivity contribution < 1.29 is 14.4 Å². The summed E-state index contributed by atoms with van der Waals surface area (Å²) in [7, 11) is 0. The maximum Gasteiger partial charge on any atom is 0.315 e. The molecule has 2 N–H and O–H groups in total. The van der Waals surface area contributed by atoms with Gasteiger partial charge in [-0.2, -0.15) is 0 Å². The van der Waals surface area contributed by atoms with E-state index in [9.17, 15) is 14.4 Å². The maximum absolute atomic E-state index is 12.4. The molecule has 164 valence electrons. The predicted molar refractivity (Wildman–Crippen MR) is 118 cm³/mol. The van der Waals surface area contributed by atoms with Crippen LogP contribution < -0.4 is 10.6 Å². The van der Waals surface area contributed by atoms with Gasteiger partial charge < -0.3 is 10.6 Å². The number of imide groups is 1. The third kappa shape index (κ3) is 6.31. The number of benzene rings is 1. The summed E-state index contributed by atoms with van der Waals surface area (Å²) in [5.74, 6) is -0.485. The molecular weight excluding hydrogens is 378 g/mol. The number of hydrogen-bond acceptors (Lipinski definition) is 3. The molecule has 0 spiro atoms. The van der Waals surface area contributed by atoms with E-state index in [1.165, 1.54) is 62.7 Å². The molecule has 0 radical (unpaired) electrons. The monoisotopic (exact) mass is 413 g/mol. The van der Waals surface area contributed by atoms with Crippen LogP contribution in [0.15, 0.2) is 24.3 Å². The minimum Gasteiger partial charge on any atom is -0.338 e. The van der Waals surface area contributed by atoms with Gasteiger partial charge >= 0.3 is 6.03 Å². The zero-order valence-corrected chi connectivity index (χ0v) is 18.0. The Hall–Kier alpha value is -2.37. The standard InChI is InChI=1S/C24H35N3O3/c28-22-20-15-10-11-16-21(20)23(29)27(22)18-12-17-25-24(30)26-19-13-8-6-4-2-1-3-5-7-9-14-19/h10-11,15-16,19H,1-9,12-14,17-18H2,(H2,25,26,30). The van der Waals surface area contributed by atoms with Crippen LogP contribution >= 0.6 is 0 Å². The minimum atomic E-state index is -0.242. The molecule has 1 aromatic rings. The molecule has 0 saturated heterocycles. The highest BCUT2D eigenvalue weighted by molar-refractivity contribution is 6.21. The van der Waals surface area contributed by atoms with E-state index in [4.69, 9.17) is 0 Å². The van der Waals surface area contributed by atoms with Crippen molar-refractivity contribution >= 4 is 17.8 Å². The quantitative estimate of drug-likeness (QED) is 0.545. The highest BCUT2D eigenvalue weighted by atomic mass is 16.2. The van der Waals surface area contributed by atoms with E-state index in [2.05, 4.69) is 10.6 Å². The van der Waals surface area contributed by atoms with Gasteiger partial charge in [-0.3, -0.25) is 14.5 Å². The van der Waals surface area contributed by atoms with Gasteiger partial charge in [-0.05, 0) is 31.4 Å². The normalized spacial score (nSPS) is 19.0. The third-order valence-electron chi connectivity index (χ3n) is 6.16. The lowest BCUT2D eigenvalue weighted by molar-refractivity contribution is 0.0653. The average Bonchev–Trinajstić information content (AvgIpc) is 2.98. The van der Waals surface area contributed by atoms with Gasteiger partial charge in [0.05, 0.1) is 11.1 Å². The maximum atomic E-state index is 12.4. The van der Waals surface area contributed by atoms with Crippen molar-refractivity contribution in [2.24, 2.45) is 0 Å². The van der Waals surface area contributed by atoms with Crippen molar-refractivity contribution in [3.63, 3.8) is 0 Å². The molecule has 0 bridgehead atoms. The Bertz CT molecular complexity index is 687. The van der Waals surface area contributed by atoms with Crippen LogP contribution in [0.2, 0.25) is 0 Å². The lowest BCUT2D eigenvalue weighted by Crippen LogP contribution is -2.43. The van der Waals surface area contributed by atoms with Crippen LogP contribution in [0, 0.1) is 0 Å². The summed E-state index contributed by atoms with van der Waals surface area (Å²) in [5.41, 5.74) is 0.936. The first-order valence-corrected chi connectivity index (χ1v) is 11.7. The number of carbonyl (C=O) groups excluding carboxylic acids is 3. The van der Waals surface area contributed by atoms with Crippen LogP contribution in [0.4, 0.5) is 4.79 Å². The Morgan fingerprint density at radius 3 is 1.87 bits per heavy atom. The molecule has 1 saturated carbocycles. The van der Waals surface area contributed by atoms with Gasteiger partial charge in [-0.15, -0.1) is 0 Å². The van der Waals surface area contributed by atoms with E-state index in [0.717, 1.165) is 12.8 Å². The Morgan fingerprint density at radius 2 is 1.33 bits per heavy atom. The number of amides is 4. The highest BCUT2D eigenvalue weighted by Gasteiger charge is 2.34. The summed E-state index contributed by atoms with van der Waals surface area (Å²) in [5, 5.41) is 6.03. The predicted octanol–water partition coefficient (Wildman–Crippen LogP) is 4.65. The minimum absolute atomic E-state index is 0.144. The fraction of sp³-hybridized carbons (Fsp3) is 0.625. The number of hydrogen-bond donors (Lipinski definition) is 2. The molecule has 2 aliphatic rings. The van der Waals surface area contributed by atoms with Gasteiger partial charge in [-0.25, -0.2) is 4.79 Å². The van der Waals surface area contributed by atoms with Crippen molar-refractivity contribution in [1.29, 1.82) is 0 Å². The molecular formula is C24H35N3O3. The molecule has 3 rings (SSSR count). The first-order valence-electron chi connectivity index (χ1n) is 11.7. The van der Waals surface area contributed by atoms with Gasteiger partial charge in [0.1, 0.15) is 0 Å². The van der Waals surface area contributed by atoms with Crippen molar-refractivity contribution in [3.05, 3.63) is 35.4 Å². The Morgan fingerprint density at radius 1 is 0.833 bits per heavy atom. The number of fused-ring (bicyclic) bond motifs is 1. The van der Waals surface area contributed by atoms with E-state index in [1.807, 2.05) is 0 Å². The smallest absolute Gasteiger partial charge is 0.315 e. The molecule has 1 aromatic carbocycles. The Balaban J connectivity index is 1.37. The first kappa shape index (κ1) is 22.3. The van der Waals surface area contributed by atoms with Crippen LogP contribution in [-0.2, 0) is 0 Å². The lowest BCUT2D eigenvalue weighted by Gasteiger charge is -2.20. The largest absolute Gasteiger partial charge is 0.338 e. The van der Waals surface area contributed by atoms with Crippen LogP contribution in [0.5, 0.6) is 0 Å². The summed E-state index contributed by atoms with van der Waals surface area (Å²) in [6, 6.07) is 6.99. The summed E-state index contributed by atoms with van der Waals surface area (Å²) in [6.45, 7) is 0.752. The summed E-state index contributed by atoms with van der Waals surface area (Å²) in [4.78, 5) is 38.3. The Kier molecular flexibility index (Phi) is 8.72. The van der Waals surface area contributed by atoms with E-state index in [1.54, 1.807) is 24.3 Å². The van der Waals surface area contributed by atoms with Crippen LogP contribution in [-0.4, -0.2) is 41.9 Å². The molecule has 1 aliphatic carbocycles. The van der Waals surface area contributed by atoms with Crippen molar-refractivity contribution in [2.45, 2.75) is 83.1 Å². The molecule has 4 amide bonds. The second-order valence-corrected chi connectivity index (χ2v) is 8.52. The van der Waals surface area contributed by atoms with Gasteiger partial charge in [0.25, 0.3) is 11.8 Å². The van der Waals surface area contributed by atoms with Crippen LogP contribution in [0.25, 0.3) is 0 Å². The van der Waals surface area contributed by atoms with Gasteiger partial charge in [0.15, 0.2) is 0 Å². The number of carbonyl (C=O) groups is 3. The van der Waals surface area contributed by atoms with E-state index < -0.39 is 0 Å². The second kappa shape index (κ2) is 11.7. The fourth-order valence-electron chi connectivity index (χ4n) is 4.43. The molecule has 0 atom stereocenters. The Labute approximate surface area is 179 Å². The zero-order chi connectivity index (χ0) is 21.2. The third-order valence-corrected chi connectivity index (χ3v) is 6.16. The molecule has 1 aliphatic heterocycles. The number of nitrogens with zero attached hydrogens (tertiary/aromatic N) is 1. The molecule has 1 heterocycles. The molecule has 6 heteroatoms. The second-order valence-electron chi connectivity index (χ2n) is 8.52. The number of rotatable bonds is 5. The van der Waals surface area contributed by atoms with Gasteiger partial charge in [-0.1, -0.05) is 69.9 Å². The molecule has 6 nitrogen and oxygen atoms in total. The molecule has 0 aromatic heterocycles. The number of nitrogens with one attached hydrogen (secondary N) is 2. The van der Waals surface area contributed by atoms with Gasteiger partial charge in [0.2, 0.25) is 0 Å². The molecule has 1 fully saturated rings.